The number of amides is 2. The number of carbonyl (C=O) groups is 1. The quantitative estimate of drug-likeness (QED) is 0.759. The predicted molar refractivity (Wildman–Crippen MR) is 66.2 cm³/mol. The maximum absolute atomic E-state index is 12.1. The third-order valence-electron chi connectivity index (χ3n) is 2.95. The van der Waals surface area contributed by atoms with Crippen LogP contribution in [0.2, 0.25) is 5.28 Å². The molecule has 1 atom stereocenters. The Morgan fingerprint density at radius 1 is 1.53 bits per heavy atom. The van der Waals surface area contributed by atoms with E-state index in [0.717, 1.165) is 0 Å². The molecule has 92 valence electrons. The van der Waals surface area contributed by atoms with Crippen LogP contribution in [-0.4, -0.2) is 40.5 Å². The Labute approximate surface area is 105 Å². The number of hydrogen-bond acceptors (Lipinski definition) is 3. The first-order valence-electron chi connectivity index (χ1n) is 5.53. The summed E-state index contributed by atoms with van der Waals surface area (Å²) in [5, 5.41) is 0.160. The molecule has 1 unspecified atom stereocenters. The Hall–Kier alpha value is -1.36. The Morgan fingerprint density at radius 2 is 2.24 bits per heavy atom. The van der Waals surface area contributed by atoms with Crippen LogP contribution in [0.4, 0.5) is 10.6 Å². The van der Waals surface area contributed by atoms with E-state index in [0.29, 0.717) is 18.3 Å². The van der Waals surface area contributed by atoms with Crippen LogP contribution in [0.1, 0.15) is 13.8 Å². The summed E-state index contributed by atoms with van der Waals surface area (Å²) < 4.78 is 0. The van der Waals surface area contributed by atoms with Crippen molar-refractivity contribution in [2.24, 2.45) is 5.92 Å². The molecule has 0 spiro atoms. The van der Waals surface area contributed by atoms with E-state index < -0.39 is 0 Å². The molecule has 1 fully saturated rings. The largest absolute Gasteiger partial charge is 0.325 e. The first-order chi connectivity index (χ1) is 8.00. The normalized spacial score (nSPS) is 20.5. The van der Waals surface area contributed by atoms with E-state index in [1.54, 1.807) is 29.1 Å². The van der Waals surface area contributed by atoms with E-state index in [2.05, 4.69) is 23.8 Å². The van der Waals surface area contributed by atoms with Crippen LogP contribution in [0.3, 0.4) is 0 Å². The molecule has 0 bridgehead atoms. The molecule has 1 aliphatic rings. The molecule has 0 aliphatic carbocycles. The van der Waals surface area contributed by atoms with Gasteiger partial charge in [0.2, 0.25) is 5.28 Å². The zero-order valence-corrected chi connectivity index (χ0v) is 10.8. The van der Waals surface area contributed by atoms with Gasteiger partial charge < -0.3 is 4.90 Å². The predicted octanol–water partition coefficient (Wildman–Crippen LogP) is 2.03. The molecular weight excluding hydrogens is 240 g/mol. The Kier molecular flexibility index (Phi) is 3.19. The fourth-order valence-corrected chi connectivity index (χ4v) is 2.15. The van der Waals surface area contributed by atoms with Gasteiger partial charge in [0.25, 0.3) is 0 Å². The van der Waals surface area contributed by atoms with E-state index in [-0.39, 0.29) is 17.4 Å². The number of rotatable bonds is 2. The van der Waals surface area contributed by atoms with Crippen molar-refractivity contribution in [1.82, 2.24) is 14.9 Å². The fourth-order valence-electron chi connectivity index (χ4n) is 2.00. The van der Waals surface area contributed by atoms with Gasteiger partial charge in [-0.3, -0.25) is 4.90 Å². The number of halogens is 1. The van der Waals surface area contributed by atoms with E-state index in [1.165, 1.54) is 0 Å². The van der Waals surface area contributed by atoms with Gasteiger partial charge in [-0.15, -0.1) is 0 Å². The van der Waals surface area contributed by atoms with Crippen molar-refractivity contribution in [3.8, 4) is 0 Å². The highest BCUT2D eigenvalue weighted by Gasteiger charge is 2.38. The summed E-state index contributed by atoms with van der Waals surface area (Å²) in [7, 11) is 1.79. The summed E-state index contributed by atoms with van der Waals surface area (Å²) in [6.45, 7) is 4.89. The molecule has 0 radical (unpaired) electrons. The molecule has 2 amide bonds. The molecule has 5 nitrogen and oxygen atoms in total. The minimum atomic E-state index is -0.0431. The summed E-state index contributed by atoms with van der Waals surface area (Å²) in [4.78, 5) is 23.4. The Balaban J connectivity index is 2.37. The molecular formula is C11H15ClN4O. The number of aromatic nitrogens is 2. The van der Waals surface area contributed by atoms with Crippen molar-refractivity contribution >= 4 is 23.4 Å². The van der Waals surface area contributed by atoms with Crippen LogP contribution in [0, 0.1) is 5.92 Å². The zero-order chi connectivity index (χ0) is 12.6. The highest BCUT2D eigenvalue weighted by atomic mass is 35.5. The van der Waals surface area contributed by atoms with E-state index >= 15 is 0 Å². The van der Waals surface area contributed by atoms with Gasteiger partial charge >= 0.3 is 6.03 Å². The van der Waals surface area contributed by atoms with Crippen LogP contribution < -0.4 is 4.90 Å². The Bertz CT molecular complexity index is 437. The van der Waals surface area contributed by atoms with Crippen molar-refractivity contribution < 1.29 is 4.79 Å². The summed E-state index contributed by atoms with van der Waals surface area (Å²) >= 11 is 5.76. The lowest BCUT2D eigenvalue weighted by Gasteiger charge is -2.24. The van der Waals surface area contributed by atoms with Gasteiger partial charge in [0.05, 0.1) is 6.04 Å². The van der Waals surface area contributed by atoms with Gasteiger partial charge in [-0.25, -0.2) is 14.8 Å². The molecule has 1 aromatic heterocycles. The lowest BCUT2D eigenvalue weighted by molar-refractivity contribution is 0.229. The molecule has 0 aromatic carbocycles. The van der Waals surface area contributed by atoms with E-state index in [9.17, 15) is 4.79 Å². The summed E-state index contributed by atoms with van der Waals surface area (Å²) in [6, 6.07) is 1.79. The topological polar surface area (TPSA) is 49.3 Å². The number of carbonyl (C=O) groups excluding carboxylic acids is 1. The minimum Gasteiger partial charge on any atom is -0.325 e. The number of nitrogens with zero attached hydrogens (tertiary/aromatic N) is 4. The smallest absolute Gasteiger partial charge is 0.325 e. The van der Waals surface area contributed by atoms with Crippen molar-refractivity contribution in [2.75, 3.05) is 18.5 Å². The summed E-state index contributed by atoms with van der Waals surface area (Å²) in [5.74, 6) is 0.927. The second kappa shape index (κ2) is 4.49. The molecule has 6 heteroatoms. The molecule has 0 N–H and O–H groups in total. The van der Waals surface area contributed by atoms with Crippen LogP contribution in [0.5, 0.6) is 0 Å². The highest BCUT2D eigenvalue weighted by Crippen LogP contribution is 2.26. The van der Waals surface area contributed by atoms with Crippen molar-refractivity contribution in [1.29, 1.82) is 0 Å². The lowest BCUT2D eigenvalue weighted by atomic mass is 10.0. The van der Waals surface area contributed by atoms with Crippen LogP contribution in [-0.2, 0) is 0 Å². The lowest BCUT2D eigenvalue weighted by Crippen LogP contribution is -2.38. The van der Waals surface area contributed by atoms with Gasteiger partial charge in [0.15, 0.2) is 0 Å². The van der Waals surface area contributed by atoms with E-state index in [1.807, 2.05) is 0 Å². The van der Waals surface area contributed by atoms with Crippen LogP contribution in [0.15, 0.2) is 12.3 Å². The van der Waals surface area contributed by atoms with E-state index in [4.69, 9.17) is 11.6 Å². The van der Waals surface area contributed by atoms with Gasteiger partial charge in [-0.1, -0.05) is 13.8 Å². The Morgan fingerprint density at radius 3 is 2.82 bits per heavy atom. The monoisotopic (exact) mass is 254 g/mol. The number of anilines is 1. The molecule has 1 aliphatic heterocycles. The summed E-state index contributed by atoms with van der Waals surface area (Å²) in [5.41, 5.74) is 0. The van der Waals surface area contributed by atoms with Gasteiger partial charge in [0.1, 0.15) is 5.82 Å². The average Bonchev–Trinajstić information content (AvgIpc) is 2.56. The fraction of sp³-hybridized carbons (Fsp3) is 0.545. The first-order valence-corrected chi connectivity index (χ1v) is 5.91. The number of hydrogen-bond donors (Lipinski definition) is 0. The average molecular weight is 255 g/mol. The maximum atomic E-state index is 12.1. The van der Waals surface area contributed by atoms with Gasteiger partial charge in [0, 0.05) is 19.8 Å². The van der Waals surface area contributed by atoms with Crippen molar-refractivity contribution in [2.45, 2.75) is 19.9 Å². The third-order valence-corrected chi connectivity index (χ3v) is 3.14. The second-order valence-electron chi connectivity index (χ2n) is 4.53. The molecule has 1 saturated heterocycles. The first kappa shape index (κ1) is 12.1. The van der Waals surface area contributed by atoms with Gasteiger partial charge in [-0.05, 0) is 23.6 Å². The van der Waals surface area contributed by atoms with Crippen LogP contribution in [0.25, 0.3) is 0 Å². The standard InChI is InChI=1S/C11H15ClN4O/c1-7(2)8-6-15(3)11(17)16(8)9-4-5-13-10(12)14-9/h4-5,7-8H,6H2,1-3H3. The zero-order valence-electron chi connectivity index (χ0n) is 10.1. The number of likely N-dealkylation sites (N-methyl/N-ethyl adjacent to an activating group) is 1. The second-order valence-corrected chi connectivity index (χ2v) is 4.87. The summed E-state index contributed by atoms with van der Waals surface area (Å²) in [6.07, 6.45) is 1.56. The molecule has 2 heterocycles. The maximum Gasteiger partial charge on any atom is 0.325 e. The molecule has 2 rings (SSSR count). The SMILES string of the molecule is CC(C)C1CN(C)C(=O)N1c1ccnc(Cl)n1. The third kappa shape index (κ3) is 2.20. The molecule has 17 heavy (non-hydrogen) atoms. The van der Waals surface area contributed by atoms with Crippen molar-refractivity contribution in [3.63, 3.8) is 0 Å². The minimum absolute atomic E-state index is 0.0431. The molecule has 0 saturated carbocycles. The van der Waals surface area contributed by atoms with Crippen molar-refractivity contribution in [3.05, 3.63) is 17.5 Å². The molecule has 1 aromatic rings. The highest BCUT2D eigenvalue weighted by molar-refractivity contribution is 6.28. The van der Waals surface area contributed by atoms with Crippen LogP contribution >= 0.6 is 11.6 Å². The van der Waals surface area contributed by atoms with Gasteiger partial charge in [-0.2, -0.15) is 0 Å². The number of urea groups is 1.